The van der Waals surface area contributed by atoms with Crippen LogP contribution in [-0.4, -0.2) is 208 Å². The molecule has 3 saturated heterocycles. The number of amides is 3. The molecule has 9 aromatic rings. The Kier molecular flexibility index (Phi) is 30.3. The van der Waals surface area contributed by atoms with Crippen molar-refractivity contribution in [3.8, 4) is 34.5 Å². The minimum atomic E-state index is -3.69. The van der Waals surface area contributed by atoms with Gasteiger partial charge in [0.15, 0.2) is 40.7 Å². The smallest absolute Gasteiger partial charge is 0.283 e. The highest BCUT2D eigenvalue weighted by Crippen LogP contribution is 2.45. The number of imidazole rings is 1. The van der Waals surface area contributed by atoms with Crippen molar-refractivity contribution >= 4 is 50.5 Å². The molecule has 644 valence electrons. The van der Waals surface area contributed by atoms with Gasteiger partial charge in [-0.05, 0) is 178 Å². The van der Waals surface area contributed by atoms with Gasteiger partial charge >= 0.3 is 0 Å². The van der Waals surface area contributed by atoms with Crippen LogP contribution in [0.15, 0.2) is 181 Å². The number of H-pyrrole nitrogens is 1. The third-order valence-electron chi connectivity index (χ3n) is 24.9. The Labute approximate surface area is 715 Å². The number of rotatable bonds is 34. The van der Waals surface area contributed by atoms with E-state index < -0.39 is 10.0 Å². The molecule has 15 rings (SSSR count). The molecule has 6 aliphatic heterocycles. The Morgan fingerprint density at radius 1 is 0.463 bits per heavy atom. The van der Waals surface area contributed by atoms with E-state index >= 15 is 0 Å². The van der Waals surface area contributed by atoms with E-state index in [1.165, 1.54) is 40.5 Å². The number of benzene rings is 8. The van der Waals surface area contributed by atoms with E-state index in [4.69, 9.17) is 33.2 Å². The first-order valence-corrected chi connectivity index (χ1v) is 44.4. The minimum Gasteiger partial charge on any atom is -0.493 e. The molecule has 25 heteroatoms. The van der Waals surface area contributed by atoms with Gasteiger partial charge in [-0.2, -0.15) is 4.31 Å². The average Bonchev–Trinajstić information content (AvgIpc) is 1.63. The number of piperazine rings is 2. The summed E-state index contributed by atoms with van der Waals surface area (Å²) in [6, 6.07) is 56.2. The molecular formula is C96H123N12O12S+. The number of methoxy groups -OCH3 is 6. The maximum absolute atomic E-state index is 14.0. The SMILES string of the molecule is CCN1CCN(c2cccc3c2CN([C@H](CCCN(C)S(=O)(=O)c2c[n+](C)c(C)[nH]2)c2ccc(OC)c(OC)c2)C3=O)CC1.CCN1CCN(c2cccc3c2CN([C@H](CCCNc2ccccc2)c2ccc(OC)c(OC)c2)C3=O)CC1.COc1ccc([C@@H](CCCOCc2ccccc2)N2Cc3c(cccc3N3CCCCC3)C2=O)cc1OC. The molecule has 7 heterocycles. The molecule has 0 unspecified atom stereocenters. The van der Waals surface area contributed by atoms with Gasteiger partial charge in [0, 0.05) is 175 Å². The number of fused-ring (bicyclic) bond motifs is 3. The van der Waals surface area contributed by atoms with Crippen LogP contribution in [0, 0.1) is 6.92 Å². The Hall–Kier alpha value is -10.8. The fourth-order valence-electron chi connectivity index (χ4n) is 17.8. The van der Waals surface area contributed by atoms with Crippen LogP contribution in [0.4, 0.5) is 22.7 Å². The first-order chi connectivity index (χ1) is 58.9. The molecule has 0 radical (unpaired) electrons. The van der Waals surface area contributed by atoms with Crippen LogP contribution < -0.4 is 53.0 Å². The first kappa shape index (κ1) is 88.0. The van der Waals surface area contributed by atoms with Crippen molar-refractivity contribution in [2.75, 3.05) is 168 Å². The molecule has 3 fully saturated rings. The lowest BCUT2D eigenvalue weighted by molar-refractivity contribution is -0.677. The van der Waals surface area contributed by atoms with Crippen LogP contribution in [0.25, 0.3) is 0 Å². The molecule has 0 saturated carbocycles. The standard InChI is InChI=1S/C32H44N6O5S.C32H40N4O3.C32H38N2O4/c1-7-36-16-18-37(19-17-36)28-11-8-10-25-26(28)21-38(32(25)39)27(24-13-14-29(42-5)30(20-24)43-6)12-9-15-35(4)44(40,41)31-22-34(3)23(2)33-31;1-4-34-18-20-35(21-19-34)29-13-8-12-26-27(29)23-36(32(26)37)28(14-9-17-33-25-10-6-5-7-11-25)24-15-16-30(38-2)31(22-24)39-3;1-36-30-17-16-25(21-31(30)37-2)28(15-10-20-38-23-24-11-5-3-6-12-24)34-22-27-26(32(34)35)13-9-14-29(27)33-18-7-4-8-19-33/h8,10-11,13-14,20,22,27H,7,9,12,15-19,21H2,1-6H3;5-8,10-13,15-16,22,28,33H,4,9,14,17-21,23H2,1-3H3;3,5-6,9,11-14,16-17,21,28H,4,7-8,10,15,18-20,22-23H2,1-2H3/p+1/t27-;2*28-/m111/s1. The van der Waals surface area contributed by atoms with Crippen LogP contribution in [0.5, 0.6) is 34.5 Å². The van der Waals surface area contributed by atoms with E-state index in [-0.39, 0.29) is 40.9 Å². The van der Waals surface area contributed by atoms with Crippen LogP contribution >= 0.6 is 0 Å². The van der Waals surface area contributed by atoms with Gasteiger partial charge in [-0.15, -0.1) is 0 Å². The zero-order valence-corrected chi connectivity index (χ0v) is 73.4. The van der Waals surface area contributed by atoms with Crippen molar-refractivity contribution < 1.29 is 60.5 Å². The Bertz CT molecular complexity index is 5050. The van der Waals surface area contributed by atoms with Crippen molar-refractivity contribution in [2.45, 2.75) is 128 Å². The fourth-order valence-corrected chi connectivity index (χ4v) is 19.1. The van der Waals surface area contributed by atoms with Crippen LogP contribution in [0.1, 0.15) is 166 Å². The number of anilines is 4. The van der Waals surface area contributed by atoms with E-state index in [0.717, 1.165) is 178 Å². The topological polar surface area (TPSA) is 211 Å². The number of aryl methyl sites for hydroxylation is 2. The number of likely N-dealkylation sites (N-methyl/N-ethyl adjacent to an activating group) is 2. The molecular weight excluding hydrogens is 1550 g/mol. The van der Waals surface area contributed by atoms with Gasteiger partial charge in [0.25, 0.3) is 38.6 Å². The predicted octanol–water partition coefficient (Wildman–Crippen LogP) is 14.9. The summed E-state index contributed by atoms with van der Waals surface area (Å²) in [7, 11) is 9.50. The number of nitrogens with zero attached hydrogens (tertiary/aromatic N) is 10. The summed E-state index contributed by atoms with van der Waals surface area (Å²) in [4.78, 5) is 63.0. The lowest BCUT2D eigenvalue weighted by Crippen LogP contribution is -2.46. The van der Waals surface area contributed by atoms with Gasteiger partial charge in [-0.3, -0.25) is 14.4 Å². The van der Waals surface area contributed by atoms with Gasteiger partial charge in [0.1, 0.15) is 0 Å². The normalized spacial score (nSPS) is 16.2. The second kappa shape index (κ2) is 41.6. The average molecular weight is 1670 g/mol. The zero-order valence-electron chi connectivity index (χ0n) is 72.6. The molecule has 2 N–H and O–H groups in total. The second-order valence-corrected chi connectivity index (χ2v) is 33.9. The van der Waals surface area contributed by atoms with Crippen LogP contribution in [0.3, 0.4) is 0 Å². The number of piperidine rings is 1. The number of para-hydroxylation sites is 1. The van der Waals surface area contributed by atoms with Gasteiger partial charge in [0.05, 0.1) is 74.4 Å². The number of ether oxygens (including phenoxy) is 7. The number of nitrogens with one attached hydrogen (secondary N) is 2. The summed E-state index contributed by atoms with van der Waals surface area (Å²) >= 11 is 0. The lowest BCUT2D eigenvalue weighted by Gasteiger charge is -2.36. The largest absolute Gasteiger partial charge is 0.493 e. The fraction of sp³-hybridized carbons (Fsp3) is 0.438. The summed E-state index contributed by atoms with van der Waals surface area (Å²) in [6.07, 6.45) is 9.78. The highest BCUT2D eigenvalue weighted by atomic mass is 32.2. The maximum atomic E-state index is 14.0. The number of carbonyl (C=O) groups is 3. The van der Waals surface area contributed by atoms with E-state index in [0.29, 0.717) is 86.7 Å². The molecule has 3 amide bonds. The molecule has 121 heavy (non-hydrogen) atoms. The summed E-state index contributed by atoms with van der Waals surface area (Å²) in [5.74, 6) is 4.88. The molecule has 24 nitrogen and oxygen atoms in total. The predicted molar refractivity (Wildman–Crippen MR) is 476 cm³/mol. The summed E-state index contributed by atoms with van der Waals surface area (Å²) in [6.45, 7) is 22.5. The molecule has 3 atom stereocenters. The van der Waals surface area contributed by atoms with Crippen molar-refractivity contribution in [1.29, 1.82) is 0 Å². The third-order valence-corrected chi connectivity index (χ3v) is 26.6. The van der Waals surface area contributed by atoms with Crippen molar-refractivity contribution in [3.63, 3.8) is 0 Å². The van der Waals surface area contributed by atoms with Gasteiger partial charge in [0.2, 0.25) is 0 Å². The first-order valence-electron chi connectivity index (χ1n) is 43.0. The van der Waals surface area contributed by atoms with Crippen molar-refractivity contribution in [1.82, 2.24) is 33.8 Å². The monoisotopic (exact) mass is 1670 g/mol. The summed E-state index contributed by atoms with van der Waals surface area (Å²) in [5, 5.41) is 3.67. The lowest BCUT2D eigenvalue weighted by atomic mass is 9.99. The summed E-state index contributed by atoms with van der Waals surface area (Å²) in [5.41, 5.74) is 14.6. The van der Waals surface area contributed by atoms with Gasteiger partial charge < -0.3 is 77.7 Å². The Morgan fingerprint density at radius 2 is 0.860 bits per heavy atom. The molecule has 1 aromatic heterocycles. The third kappa shape index (κ3) is 20.5. The van der Waals surface area contributed by atoms with Crippen molar-refractivity contribution in [3.05, 3.63) is 238 Å². The number of aromatic nitrogens is 2. The maximum Gasteiger partial charge on any atom is 0.283 e. The van der Waals surface area contributed by atoms with Crippen LogP contribution in [0.2, 0.25) is 0 Å². The van der Waals surface area contributed by atoms with Crippen molar-refractivity contribution in [2.24, 2.45) is 7.05 Å². The van der Waals surface area contributed by atoms with Gasteiger partial charge in [-0.25, -0.2) is 18.0 Å². The molecule has 0 spiro atoms. The van der Waals surface area contributed by atoms with E-state index in [1.807, 2.05) is 132 Å². The number of hydrogen-bond acceptors (Lipinski definition) is 18. The Morgan fingerprint density at radius 3 is 1.26 bits per heavy atom. The number of carbonyl (C=O) groups excluding carboxylic acids is 3. The minimum absolute atomic E-state index is 0.0100. The molecule has 8 aromatic carbocycles. The van der Waals surface area contributed by atoms with Crippen LogP contribution in [-0.2, 0) is 48.0 Å². The quantitative estimate of drug-likeness (QED) is 0.0284. The molecule has 0 bridgehead atoms. The Balaban J connectivity index is 0.000000157. The number of aromatic amines is 1. The second-order valence-electron chi connectivity index (χ2n) is 31.9. The van der Waals surface area contributed by atoms with E-state index in [9.17, 15) is 22.8 Å². The molecule has 6 aliphatic rings. The van der Waals surface area contributed by atoms with E-state index in [2.05, 4.69) is 108 Å². The zero-order chi connectivity index (χ0) is 85.1. The van der Waals surface area contributed by atoms with E-state index in [1.54, 1.807) is 67.5 Å². The highest BCUT2D eigenvalue weighted by molar-refractivity contribution is 7.89. The number of sulfonamides is 1. The summed E-state index contributed by atoms with van der Waals surface area (Å²) < 4.78 is 68.9. The highest BCUT2D eigenvalue weighted by Gasteiger charge is 2.41. The van der Waals surface area contributed by atoms with Gasteiger partial charge in [-0.1, -0.05) is 98.8 Å². The molecule has 0 aliphatic carbocycles. The number of hydrogen-bond donors (Lipinski definition) is 2.